The number of cyclic esters (lactones) is 1. The molecule has 1 fully saturated rings. The molecule has 1 aromatic heterocycles. The van der Waals surface area contributed by atoms with E-state index in [2.05, 4.69) is 57.2 Å². The zero-order valence-electron chi connectivity index (χ0n) is 17.8. The van der Waals surface area contributed by atoms with E-state index in [9.17, 15) is 4.79 Å². The van der Waals surface area contributed by atoms with Crippen molar-refractivity contribution in [1.29, 1.82) is 0 Å². The first-order valence-corrected chi connectivity index (χ1v) is 12.4. The number of benzene rings is 3. The number of para-hydroxylation sites is 1. The van der Waals surface area contributed by atoms with Crippen LogP contribution in [0.15, 0.2) is 95.5 Å². The van der Waals surface area contributed by atoms with Crippen LogP contribution in [0.4, 0.5) is 0 Å². The van der Waals surface area contributed by atoms with Gasteiger partial charge in [-0.3, -0.25) is 0 Å². The molecule has 6 heteroatoms. The van der Waals surface area contributed by atoms with Crippen LogP contribution in [0, 0.1) is 10.5 Å². The fourth-order valence-electron chi connectivity index (χ4n) is 4.17. The van der Waals surface area contributed by atoms with E-state index < -0.39 is 6.10 Å². The normalized spacial score (nSPS) is 17.9. The molecule has 1 aliphatic heterocycles. The number of hydrogen-bond acceptors (Lipinski definition) is 3. The number of rotatable bonds is 4. The van der Waals surface area contributed by atoms with Crippen LogP contribution in [0.5, 0.6) is 0 Å². The Morgan fingerprint density at radius 3 is 2.45 bits per heavy atom. The molecule has 1 saturated heterocycles. The van der Waals surface area contributed by atoms with Crippen molar-refractivity contribution in [3.8, 4) is 16.9 Å². The summed E-state index contributed by atoms with van der Waals surface area (Å²) in [4.78, 5) is 12.6. The van der Waals surface area contributed by atoms with Crippen LogP contribution in [0.25, 0.3) is 16.9 Å². The number of aromatic nitrogens is 2. The number of aryl methyl sites for hydroxylation is 1. The third-order valence-corrected chi connectivity index (χ3v) is 7.39. The molecule has 164 valence electrons. The molecule has 2 atom stereocenters. The summed E-state index contributed by atoms with van der Waals surface area (Å²) in [5, 5.41) is 5.01. The van der Waals surface area contributed by atoms with Gasteiger partial charge in [-0.05, 0) is 59.3 Å². The third kappa shape index (κ3) is 4.06. The van der Waals surface area contributed by atoms with Crippen LogP contribution in [0.3, 0.4) is 0 Å². The maximum Gasteiger partial charge on any atom is 0.334 e. The van der Waals surface area contributed by atoms with Crippen LogP contribution < -0.4 is 0 Å². The first-order chi connectivity index (χ1) is 15.9. The molecular weight excluding hydrogens is 591 g/mol. The van der Waals surface area contributed by atoms with Crippen LogP contribution in [-0.2, 0) is 9.53 Å². The fourth-order valence-corrected chi connectivity index (χ4v) is 5.52. The van der Waals surface area contributed by atoms with Crippen molar-refractivity contribution in [2.24, 2.45) is 0 Å². The van der Waals surface area contributed by atoms with Crippen LogP contribution in [-0.4, -0.2) is 15.7 Å². The molecule has 0 aliphatic carbocycles. The quantitative estimate of drug-likeness (QED) is 0.140. The summed E-state index contributed by atoms with van der Waals surface area (Å²) in [5.74, 6) is -0.666. The molecule has 5 rings (SSSR count). The smallest absolute Gasteiger partial charge is 0.334 e. The fraction of sp³-hybridized carbons (Fsp3) is 0.111. The lowest BCUT2D eigenvalue weighted by Gasteiger charge is -2.17. The van der Waals surface area contributed by atoms with E-state index >= 15 is 0 Å². The predicted molar refractivity (Wildman–Crippen MR) is 141 cm³/mol. The predicted octanol–water partition coefficient (Wildman–Crippen LogP) is 7.15. The molecule has 0 radical (unpaired) electrons. The van der Waals surface area contributed by atoms with Crippen LogP contribution in [0.1, 0.15) is 28.8 Å². The van der Waals surface area contributed by atoms with Gasteiger partial charge >= 0.3 is 5.97 Å². The van der Waals surface area contributed by atoms with E-state index in [1.54, 1.807) is 0 Å². The van der Waals surface area contributed by atoms with E-state index in [1.807, 2.05) is 78.3 Å². The first kappa shape index (κ1) is 22.1. The average molecular weight is 611 g/mol. The highest BCUT2D eigenvalue weighted by atomic mass is 127. The van der Waals surface area contributed by atoms with E-state index in [0.29, 0.717) is 5.57 Å². The van der Waals surface area contributed by atoms with Gasteiger partial charge in [-0.1, -0.05) is 82.7 Å². The molecule has 33 heavy (non-hydrogen) atoms. The van der Waals surface area contributed by atoms with Gasteiger partial charge in [0, 0.05) is 15.6 Å². The summed E-state index contributed by atoms with van der Waals surface area (Å²) in [6.45, 7) is 6.10. The topological polar surface area (TPSA) is 44.1 Å². The molecule has 1 aliphatic rings. The van der Waals surface area contributed by atoms with Crippen molar-refractivity contribution in [3.05, 3.63) is 116 Å². The molecule has 0 spiro atoms. The summed E-state index contributed by atoms with van der Waals surface area (Å²) in [6.07, 6.45) is -0.546. The van der Waals surface area contributed by atoms with Crippen molar-refractivity contribution in [2.45, 2.75) is 18.9 Å². The molecule has 2 heterocycles. The molecular formula is C27H20BrIN2O2. The second-order valence-corrected chi connectivity index (χ2v) is 10.0. The molecule has 4 aromatic rings. The number of esters is 1. The number of halogens is 2. The monoisotopic (exact) mass is 610 g/mol. The second-order valence-electron chi connectivity index (χ2n) is 8.05. The van der Waals surface area contributed by atoms with E-state index in [4.69, 9.17) is 9.84 Å². The van der Waals surface area contributed by atoms with Gasteiger partial charge in [0.1, 0.15) is 5.69 Å². The summed E-state index contributed by atoms with van der Waals surface area (Å²) in [6, 6.07) is 26.3. The lowest BCUT2D eigenvalue weighted by Crippen LogP contribution is -2.09. The van der Waals surface area contributed by atoms with Crippen LogP contribution >= 0.6 is 38.5 Å². The maximum absolute atomic E-state index is 12.6. The highest BCUT2D eigenvalue weighted by Gasteiger charge is 2.43. The van der Waals surface area contributed by atoms with Crippen molar-refractivity contribution < 1.29 is 9.53 Å². The molecule has 0 N–H and O–H groups in total. The van der Waals surface area contributed by atoms with Gasteiger partial charge in [0.15, 0.2) is 6.10 Å². The number of nitrogens with zero attached hydrogens (tertiary/aromatic N) is 2. The number of hydrogen-bond donors (Lipinski definition) is 0. The largest absolute Gasteiger partial charge is 0.451 e. The summed E-state index contributed by atoms with van der Waals surface area (Å²) >= 11 is 5.91. The lowest BCUT2D eigenvalue weighted by atomic mass is 9.87. The summed E-state index contributed by atoms with van der Waals surface area (Å²) in [7, 11) is 0. The molecule has 2 unspecified atom stereocenters. The van der Waals surface area contributed by atoms with Gasteiger partial charge in [-0.15, -0.1) is 0 Å². The average Bonchev–Trinajstić information content (AvgIpc) is 3.31. The van der Waals surface area contributed by atoms with E-state index in [0.717, 1.165) is 41.8 Å². The van der Waals surface area contributed by atoms with Crippen molar-refractivity contribution in [1.82, 2.24) is 9.78 Å². The minimum absolute atomic E-state index is 0.291. The molecule has 0 bridgehead atoms. The van der Waals surface area contributed by atoms with Crippen LogP contribution in [0.2, 0.25) is 0 Å². The van der Waals surface area contributed by atoms with Gasteiger partial charge in [0.25, 0.3) is 0 Å². The minimum atomic E-state index is -0.546. The van der Waals surface area contributed by atoms with Gasteiger partial charge < -0.3 is 4.74 Å². The van der Waals surface area contributed by atoms with Crippen molar-refractivity contribution >= 4 is 44.5 Å². The molecule has 0 saturated carbocycles. The second kappa shape index (κ2) is 8.91. The molecule has 4 nitrogen and oxygen atoms in total. The van der Waals surface area contributed by atoms with Gasteiger partial charge in [0.2, 0.25) is 0 Å². The Morgan fingerprint density at radius 1 is 1.03 bits per heavy atom. The third-order valence-electron chi connectivity index (χ3n) is 5.83. The Morgan fingerprint density at radius 2 is 1.76 bits per heavy atom. The lowest BCUT2D eigenvalue weighted by molar-refractivity contribution is -0.139. The Balaban J connectivity index is 1.70. The minimum Gasteiger partial charge on any atom is -0.451 e. The van der Waals surface area contributed by atoms with Gasteiger partial charge in [-0.2, -0.15) is 5.10 Å². The summed E-state index contributed by atoms with van der Waals surface area (Å²) in [5.41, 5.74) is 6.25. The standard InChI is InChI=1S/C27H20BrIN2O2/c1-16-11-13-18(14-12-16)22-17(2)27(32)33-26(22)24-23(29)25(19-7-6-8-20(28)15-19)31(30-24)21-9-4-3-5-10-21/h3-15,22,26H,2H2,1H3. The number of carbonyl (C=O) groups excluding carboxylic acids is 1. The Kier molecular flexibility index (Phi) is 5.97. The zero-order valence-corrected chi connectivity index (χ0v) is 21.6. The van der Waals surface area contributed by atoms with Gasteiger partial charge in [-0.25, -0.2) is 9.48 Å². The van der Waals surface area contributed by atoms with E-state index in [-0.39, 0.29) is 11.9 Å². The Bertz CT molecular complexity index is 1360. The van der Waals surface area contributed by atoms with Crippen molar-refractivity contribution in [2.75, 3.05) is 0 Å². The first-order valence-electron chi connectivity index (χ1n) is 10.5. The SMILES string of the molecule is C=C1C(=O)OC(c2nn(-c3ccccc3)c(-c3cccc(Br)c3)c2I)C1c1ccc(C)cc1. The highest BCUT2D eigenvalue weighted by molar-refractivity contribution is 14.1. The maximum atomic E-state index is 12.6. The Labute approximate surface area is 214 Å². The summed E-state index contributed by atoms with van der Waals surface area (Å²) < 4.78 is 9.73. The van der Waals surface area contributed by atoms with E-state index in [1.165, 1.54) is 0 Å². The zero-order chi connectivity index (χ0) is 23.1. The molecule has 0 amide bonds. The number of carbonyl (C=O) groups is 1. The van der Waals surface area contributed by atoms with Crippen molar-refractivity contribution in [3.63, 3.8) is 0 Å². The van der Waals surface area contributed by atoms with Gasteiger partial charge in [0.05, 0.1) is 20.9 Å². The highest BCUT2D eigenvalue weighted by Crippen LogP contribution is 2.47. The Hall–Kier alpha value is -2.71. The number of ether oxygens (including phenoxy) is 1. The molecule has 3 aromatic carbocycles.